The Hall–Kier alpha value is -4.75. The Balaban J connectivity index is 1.54. The SMILES string of the molecule is COc1cc2nccc(Oc3cccc(NC(=S)NC(=O)Cc4c(F)cccc4F)c3F)c2cc1C(=O)NCC(C)(C)O. The fraction of sp³-hybridized carbons (Fsp3) is 0.200. The fourth-order valence-corrected chi connectivity index (χ4v) is 4.19. The van der Waals surface area contributed by atoms with Gasteiger partial charge in [0.25, 0.3) is 5.91 Å². The molecule has 0 aliphatic heterocycles. The Morgan fingerprint density at radius 1 is 1.00 bits per heavy atom. The van der Waals surface area contributed by atoms with Crippen LogP contribution in [0.2, 0.25) is 0 Å². The summed E-state index contributed by atoms with van der Waals surface area (Å²) >= 11 is 5.09. The molecule has 43 heavy (non-hydrogen) atoms. The number of carbonyl (C=O) groups is 2. The Morgan fingerprint density at radius 3 is 2.37 bits per heavy atom. The molecule has 4 rings (SSSR count). The van der Waals surface area contributed by atoms with Crippen molar-refractivity contribution in [2.24, 2.45) is 0 Å². The number of carbonyl (C=O) groups excluding carboxylic acids is 2. The minimum absolute atomic E-state index is 0.0171. The van der Waals surface area contributed by atoms with E-state index in [-0.39, 0.29) is 40.2 Å². The van der Waals surface area contributed by atoms with Gasteiger partial charge in [-0.1, -0.05) is 12.1 Å². The van der Waals surface area contributed by atoms with Crippen LogP contribution in [0.3, 0.4) is 0 Å². The zero-order valence-electron chi connectivity index (χ0n) is 23.3. The van der Waals surface area contributed by atoms with Crippen molar-refractivity contribution in [2.75, 3.05) is 19.0 Å². The third-order valence-electron chi connectivity index (χ3n) is 6.03. The highest BCUT2D eigenvalue weighted by atomic mass is 32.1. The van der Waals surface area contributed by atoms with Crippen LogP contribution in [0.1, 0.15) is 29.8 Å². The van der Waals surface area contributed by atoms with Crippen LogP contribution in [-0.2, 0) is 11.2 Å². The monoisotopic (exact) mass is 612 g/mol. The van der Waals surface area contributed by atoms with Gasteiger partial charge in [-0.05, 0) is 62.5 Å². The number of ether oxygens (including phenoxy) is 2. The third kappa shape index (κ3) is 7.76. The summed E-state index contributed by atoms with van der Waals surface area (Å²) in [5.74, 6) is -3.76. The molecule has 0 aliphatic rings. The minimum Gasteiger partial charge on any atom is -0.496 e. The molecule has 0 radical (unpaired) electrons. The molecule has 0 spiro atoms. The van der Waals surface area contributed by atoms with Crippen LogP contribution in [0.25, 0.3) is 10.9 Å². The van der Waals surface area contributed by atoms with Gasteiger partial charge in [0.2, 0.25) is 5.91 Å². The lowest BCUT2D eigenvalue weighted by atomic mass is 10.1. The summed E-state index contributed by atoms with van der Waals surface area (Å²) in [5, 5.41) is 17.5. The Kier molecular flexibility index (Phi) is 9.46. The molecule has 0 fully saturated rings. The first-order valence-corrected chi connectivity index (χ1v) is 13.2. The molecule has 1 aromatic heterocycles. The topological polar surface area (TPSA) is 122 Å². The molecule has 0 unspecified atom stereocenters. The molecule has 2 amide bonds. The Morgan fingerprint density at radius 2 is 1.70 bits per heavy atom. The fourth-order valence-electron chi connectivity index (χ4n) is 3.97. The average Bonchev–Trinajstić information content (AvgIpc) is 2.95. The third-order valence-corrected chi connectivity index (χ3v) is 6.24. The van der Waals surface area contributed by atoms with Crippen LogP contribution in [0.15, 0.2) is 60.8 Å². The quantitative estimate of drug-likeness (QED) is 0.195. The summed E-state index contributed by atoms with van der Waals surface area (Å²) in [7, 11) is 1.40. The number of nitrogens with one attached hydrogen (secondary N) is 3. The van der Waals surface area contributed by atoms with Gasteiger partial charge >= 0.3 is 0 Å². The van der Waals surface area contributed by atoms with Gasteiger partial charge in [-0.3, -0.25) is 14.6 Å². The maximum absolute atomic E-state index is 15.5. The minimum atomic E-state index is -1.14. The van der Waals surface area contributed by atoms with Crippen molar-refractivity contribution >= 4 is 45.7 Å². The lowest BCUT2D eigenvalue weighted by molar-refractivity contribution is -0.119. The molecule has 9 nitrogen and oxygen atoms in total. The largest absolute Gasteiger partial charge is 0.496 e. The van der Waals surface area contributed by atoms with Crippen molar-refractivity contribution in [1.29, 1.82) is 0 Å². The highest BCUT2D eigenvalue weighted by Gasteiger charge is 2.21. The van der Waals surface area contributed by atoms with Crippen molar-refractivity contribution in [3.8, 4) is 17.2 Å². The van der Waals surface area contributed by atoms with Crippen molar-refractivity contribution in [2.45, 2.75) is 25.9 Å². The van der Waals surface area contributed by atoms with Gasteiger partial charge < -0.3 is 30.5 Å². The lowest BCUT2D eigenvalue weighted by Gasteiger charge is -2.19. The van der Waals surface area contributed by atoms with Gasteiger partial charge in [0.05, 0.1) is 35.9 Å². The number of benzene rings is 3. The van der Waals surface area contributed by atoms with E-state index in [1.54, 1.807) is 13.8 Å². The molecule has 0 aliphatic carbocycles. The van der Waals surface area contributed by atoms with E-state index in [0.717, 1.165) is 12.1 Å². The zero-order chi connectivity index (χ0) is 31.3. The predicted octanol–water partition coefficient (Wildman–Crippen LogP) is 5.01. The molecule has 13 heteroatoms. The first-order valence-electron chi connectivity index (χ1n) is 12.8. The van der Waals surface area contributed by atoms with Gasteiger partial charge in [-0.25, -0.2) is 13.2 Å². The number of methoxy groups -OCH3 is 1. The standard InChI is InChI=1S/C30H27F3N4O5S/c1-30(2,40)15-35-28(39)18-12-17-22(14-25(18)41-3)34-11-10-23(17)42-24-9-5-8-21(27(24)33)36-29(43)37-26(38)13-16-19(31)6-4-7-20(16)32/h4-12,14,40H,13,15H2,1-3H3,(H,35,39)(H2,36,37,38,43). The molecule has 0 saturated carbocycles. The number of thiocarbonyl (C=S) groups is 1. The van der Waals surface area contributed by atoms with Crippen molar-refractivity contribution in [1.82, 2.24) is 15.6 Å². The number of pyridine rings is 1. The van der Waals surface area contributed by atoms with E-state index in [2.05, 4.69) is 20.9 Å². The number of hydrogen-bond donors (Lipinski definition) is 4. The van der Waals surface area contributed by atoms with E-state index in [1.807, 2.05) is 0 Å². The van der Waals surface area contributed by atoms with E-state index in [4.69, 9.17) is 21.7 Å². The normalized spacial score (nSPS) is 11.1. The number of aromatic nitrogens is 1. The molecular weight excluding hydrogens is 585 g/mol. The Bertz CT molecular complexity index is 1690. The number of nitrogens with zero attached hydrogens (tertiary/aromatic N) is 1. The van der Waals surface area contributed by atoms with Crippen molar-refractivity contribution < 1.29 is 37.3 Å². The van der Waals surface area contributed by atoms with Crippen LogP contribution in [0.5, 0.6) is 17.2 Å². The molecule has 224 valence electrons. The second-order valence-electron chi connectivity index (χ2n) is 9.97. The molecule has 0 atom stereocenters. The van der Waals surface area contributed by atoms with Gasteiger partial charge in [-0.2, -0.15) is 0 Å². The van der Waals surface area contributed by atoms with E-state index in [9.17, 15) is 23.5 Å². The van der Waals surface area contributed by atoms with Crippen LogP contribution >= 0.6 is 12.2 Å². The number of aliphatic hydroxyl groups is 1. The second-order valence-corrected chi connectivity index (χ2v) is 10.4. The highest BCUT2D eigenvalue weighted by Crippen LogP contribution is 2.35. The maximum Gasteiger partial charge on any atom is 0.255 e. The van der Waals surface area contributed by atoms with Gasteiger partial charge in [0.1, 0.15) is 23.1 Å². The molecule has 1 heterocycles. The van der Waals surface area contributed by atoms with E-state index in [1.165, 1.54) is 55.8 Å². The van der Waals surface area contributed by atoms with E-state index < -0.39 is 46.9 Å². The smallest absolute Gasteiger partial charge is 0.255 e. The van der Waals surface area contributed by atoms with E-state index in [0.29, 0.717) is 10.9 Å². The Labute approximate surface area is 250 Å². The van der Waals surface area contributed by atoms with Gasteiger partial charge in [0, 0.05) is 29.8 Å². The molecule has 3 aromatic carbocycles. The summed E-state index contributed by atoms with van der Waals surface area (Å²) < 4.78 is 54.4. The van der Waals surface area contributed by atoms with Gasteiger partial charge in [0.15, 0.2) is 16.7 Å². The summed E-state index contributed by atoms with van der Waals surface area (Å²) in [6.45, 7) is 3.08. The maximum atomic E-state index is 15.5. The van der Waals surface area contributed by atoms with Crippen molar-refractivity contribution in [3.05, 3.63) is 89.4 Å². The molecule has 4 aromatic rings. The number of hydrogen-bond acceptors (Lipinski definition) is 7. The van der Waals surface area contributed by atoms with E-state index >= 15 is 4.39 Å². The van der Waals surface area contributed by atoms with Crippen LogP contribution in [0, 0.1) is 17.5 Å². The number of halogens is 3. The zero-order valence-corrected chi connectivity index (χ0v) is 24.1. The molecule has 4 N–H and O–H groups in total. The summed E-state index contributed by atoms with van der Waals surface area (Å²) in [6.07, 6.45) is 0.817. The van der Waals surface area contributed by atoms with Crippen LogP contribution in [0.4, 0.5) is 18.9 Å². The highest BCUT2D eigenvalue weighted by molar-refractivity contribution is 7.80. The summed E-state index contributed by atoms with van der Waals surface area (Å²) in [4.78, 5) is 29.5. The van der Waals surface area contributed by atoms with Crippen molar-refractivity contribution in [3.63, 3.8) is 0 Å². The lowest BCUT2D eigenvalue weighted by Crippen LogP contribution is -2.38. The first kappa shape index (κ1) is 31.2. The second kappa shape index (κ2) is 13.0. The number of fused-ring (bicyclic) bond motifs is 1. The number of amides is 2. The van der Waals surface area contributed by atoms with Gasteiger partial charge in [-0.15, -0.1) is 0 Å². The molecule has 0 bridgehead atoms. The number of rotatable bonds is 9. The van der Waals surface area contributed by atoms with Crippen LogP contribution < -0.4 is 25.4 Å². The molecule has 0 saturated heterocycles. The average molecular weight is 613 g/mol. The summed E-state index contributed by atoms with van der Waals surface area (Å²) in [5.41, 5.74) is -1.17. The van der Waals surface area contributed by atoms with Crippen LogP contribution in [-0.4, -0.2) is 46.3 Å². The summed E-state index contributed by atoms with van der Waals surface area (Å²) in [6, 6.07) is 11.9. The molecular formula is C30H27F3N4O5S. The first-order chi connectivity index (χ1) is 20.4. The predicted molar refractivity (Wildman–Crippen MR) is 158 cm³/mol. The number of anilines is 1.